The molecule has 1 amide bonds. The van der Waals surface area contributed by atoms with Gasteiger partial charge in [-0.15, -0.1) is 0 Å². The smallest absolute Gasteiger partial charge is 0.403 e. The highest BCUT2D eigenvalue weighted by Gasteiger charge is 2.65. The number of hydrogen-bond acceptors (Lipinski definition) is 4. The Morgan fingerprint density at radius 2 is 1.96 bits per heavy atom. The molecule has 8 heteroatoms. The lowest BCUT2D eigenvalue weighted by Gasteiger charge is -2.47. The van der Waals surface area contributed by atoms with Gasteiger partial charge in [-0.05, 0) is 46.2 Å². The van der Waals surface area contributed by atoms with Gasteiger partial charge in [-0.2, -0.15) is 13.2 Å². The molecule has 1 heterocycles. The molecule has 0 bridgehead atoms. The molecule has 1 aliphatic carbocycles. The van der Waals surface area contributed by atoms with Gasteiger partial charge in [0.25, 0.3) is 0 Å². The van der Waals surface area contributed by atoms with E-state index in [2.05, 4.69) is 0 Å². The van der Waals surface area contributed by atoms with Gasteiger partial charge in [0, 0.05) is 12.6 Å². The third-order valence-corrected chi connectivity index (χ3v) is 5.07. The molecule has 0 radical (unpaired) electrons. The molecule has 0 aromatic carbocycles. The molecule has 5 nitrogen and oxygen atoms in total. The van der Waals surface area contributed by atoms with Gasteiger partial charge in [-0.25, -0.2) is 0 Å². The largest absolute Gasteiger partial charge is 0.465 e. The average Bonchev–Trinajstić information content (AvgIpc) is 2.42. The van der Waals surface area contributed by atoms with Crippen molar-refractivity contribution in [2.24, 2.45) is 5.41 Å². The summed E-state index contributed by atoms with van der Waals surface area (Å²) in [4.78, 5) is 27.8. The van der Waals surface area contributed by atoms with E-state index >= 15 is 0 Å². The zero-order valence-electron chi connectivity index (χ0n) is 14.2. The van der Waals surface area contributed by atoms with E-state index in [1.54, 1.807) is 6.92 Å². The first-order valence-electron chi connectivity index (χ1n) is 8.43. The maximum atomic E-state index is 13.5. The van der Waals surface area contributed by atoms with Crippen LogP contribution in [0.2, 0.25) is 0 Å². The summed E-state index contributed by atoms with van der Waals surface area (Å²) in [5.74, 6) is -1.62. The summed E-state index contributed by atoms with van der Waals surface area (Å²) >= 11 is 0. The van der Waals surface area contributed by atoms with Crippen LogP contribution in [0.1, 0.15) is 39.0 Å². The lowest BCUT2D eigenvalue weighted by atomic mass is 9.67. The van der Waals surface area contributed by atoms with Gasteiger partial charge in [-0.1, -0.05) is 6.42 Å². The highest BCUT2D eigenvalue weighted by Crippen LogP contribution is 2.54. The fourth-order valence-electron chi connectivity index (χ4n) is 3.53. The molecule has 1 aliphatic heterocycles. The van der Waals surface area contributed by atoms with Crippen LogP contribution < -0.4 is 0 Å². The number of carbonyl (C=O) groups excluding carboxylic acids is 2. The molecule has 0 unspecified atom stereocenters. The van der Waals surface area contributed by atoms with Crippen LogP contribution in [0.4, 0.5) is 13.2 Å². The van der Waals surface area contributed by atoms with Crippen molar-refractivity contribution in [2.75, 3.05) is 33.3 Å². The molecule has 24 heavy (non-hydrogen) atoms. The molecule has 1 saturated carbocycles. The highest BCUT2D eigenvalue weighted by atomic mass is 19.4. The fraction of sp³-hybridized carbons (Fsp3) is 0.875. The zero-order valence-corrected chi connectivity index (χ0v) is 14.2. The van der Waals surface area contributed by atoms with Crippen molar-refractivity contribution >= 4 is 11.9 Å². The summed E-state index contributed by atoms with van der Waals surface area (Å²) in [6.07, 6.45) is -3.22. The Kier molecular flexibility index (Phi) is 5.78. The van der Waals surface area contributed by atoms with Crippen LogP contribution in [-0.2, 0) is 14.3 Å². The summed E-state index contributed by atoms with van der Waals surface area (Å²) in [5, 5.41) is 0. The van der Waals surface area contributed by atoms with Gasteiger partial charge < -0.3 is 14.5 Å². The quantitative estimate of drug-likeness (QED) is 0.714. The van der Waals surface area contributed by atoms with Crippen LogP contribution in [0, 0.1) is 5.41 Å². The Balaban J connectivity index is 2.23. The Morgan fingerprint density at radius 1 is 1.29 bits per heavy atom. The van der Waals surface area contributed by atoms with Crippen LogP contribution in [0.3, 0.4) is 0 Å². The molecule has 0 N–H and O–H groups in total. The standard InChI is InChI=1S/C16H25F3N2O3/c1-3-24-13(22)11-21(12-6-4-9-20(2)10-12)14(23)15(7-5-8-15)16(17,18)19/h12H,3-11H2,1-2H3/t12-/m0/s1. The van der Waals surface area contributed by atoms with Crippen LogP contribution in [0.5, 0.6) is 0 Å². The molecule has 0 aromatic rings. The van der Waals surface area contributed by atoms with Crippen molar-refractivity contribution in [1.82, 2.24) is 9.80 Å². The van der Waals surface area contributed by atoms with Gasteiger partial charge in [0.05, 0.1) is 6.61 Å². The predicted molar refractivity (Wildman–Crippen MR) is 81.2 cm³/mol. The lowest BCUT2D eigenvalue weighted by Crippen LogP contribution is -2.61. The van der Waals surface area contributed by atoms with Crippen molar-refractivity contribution in [2.45, 2.75) is 51.2 Å². The predicted octanol–water partition coefficient (Wildman–Crippen LogP) is 2.20. The number of ether oxygens (including phenoxy) is 1. The number of halogens is 3. The van der Waals surface area contributed by atoms with E-state index in [1.807, 2.05) is 11.9 Å². The van der Waals surface area contributed by atoms with Gasteiger partial charge in [0.15, 0.2) is 0 Å². The van der Waals surface area contributed by atoms with E-state index in [-0.39, 0.29) is 25.5 Å². The molecule has 2 aliphatic rings. The van der Waals surface area contributed by atoms with Crippen molar-refractivity contribution in [3.05, 3.63) is 0 Å². The first-order chi connectivity index (χ1) is 11.2. The number of nitrogens with zero attached hydrogens (tertiary/aromatic N) is 2. The molecule has 1 atom stereocenters. The summed E-state index contributed by atoms with van der Waals surface area (Å²) in [6.45, 7) is 2.65. The minimum atomic E-state index is -4.59. The average molecular weight is 350 g/mol. The van der Waals surface area contributed by atoms with E-state index in [4.69, 9.17) is 4.74 Å². The van der Waals surface area contributed by atoms with Gasteiger partial charge >= 0.3 is 12.1 Å². The third-order valence-electron chi connectivity index (χ3n) is 5.07. The first-order valence-corrected chi connectivity index (χ1v) is 8.43. The number of rotatable bonds is 5. The molecular weight excluding hydrogens is 325 g/mol. The number of likely N-dealkylation sites (tertiary alicyclic amines) is 1. The third kappa shape index (κ3) is 3.68. The summed E-state index contributed by atoms with van der Waals surface area (Å²) in [7, 11) is 1.86. The van der Waals surface area contributed by atoms with Gasteiger partial charge in [0.1, 0.15) is 12.0 Å². The Hall–Kier alpha value is -1.31. The minimum absolute atomic E-state index is 0.135. The van der Waals surface area contributed by atoms with Crippen molar-refractivity contribution in [3.63, 3.8) is 0 Å². The van der Waals surface area contributed by atoms with Crippen molar-refractivity contribution in [1.29, 1.82) is 0 Å². The SMILES string of the molecule is CCOC(=O)CN(C(=O)C1(C(F)(F)F)CCC1)[C@H]1CCCN(C)C1. The topological polar surface area (TPSA) is 49.9 Å². The minimum Gasteiger partial charge on any atom is -0.465 e. The van der Waals surface area contributed by atoms with E-state index in [0.717, 1.165) is 17.9 Å². The number of amides is 1. The molecule has 2 fully saturated rings. The number of likely N-dealkylation sites (N-methyl/N-ethyl adjacent to an activating group) is 1. The molecule has 0 spiro atoms. The Morgan fingerprint density at radius 3 is 2.42 bits per heavy atom. The molecule has 138 valence electrons. The number of piperidine rings is 1. The summed E-state index contributed by atoms with van der Waals surface area (Å²) in [5.41, 5.74) is -2.32. The maximum Gasteiger partial charge on any atom is 0.403 e. The number of alkyl halides is 3. The monoisotopic (exact) mass is 350 g/mol. The first kappa shape index (κ1) is 19.0. The molecule has 0 aromatic heterocycles. The van der Waals surface area contributed by atoms with E-state index in [1.165, 1.54) is 0 Å². The summed E-state index contributed by atoms with van der Waals surface area (Å²) < 4.78 is 45.4. The maximum absolute atomic E-state index is 13.5. The zero-order chi connectivity index (χ0) is 18.0. The Bertz CT molecular complexity index is 478. The van der Waals surface area contributed by atoms with E-state index < -0.39 is 30.0 Å². The van der Waals surface area contributed by atoms with Crippen LogP contribution in [0.15, 0.2) is 0 Å². The number of esters is 1. The molecule has 2 rings (SSSR count). The molecule has 1 saturated heterocycles. The van der Waals surface area contributed by atoms with Gasteiger partial charge in [-0.3, -0.25) is 9.59 Å². The summed E-state index contributed by atoms with van der Waals surface area (Å²) in [6, 6.07) is -0.388. The van der Waals surface area contributed by atoms with Crippen LogP contribution >= 0.6 is 0 Å². The lowest BCUT2D eigenvalue weighted by molar-refractivity contribution is -0.249. The molecular formula is C16H25F3N2O3. The normalized spacial score (nSPS) is 24.1. The van der Waals surface area contributed by atoms with E-state index in [0.29, 0.717) is 19.4 Å². The van der Waals surface area contributed by atoms with Crippen molar-refractivity contribution in [3.8, 4) is 0 Å². The number of carbonyl (C=O) groups is 2. The fourth-order valence-corrected chi connectivity index (χ4v) is 3.53. The van der Waals surface area contributed by atoms with Crippen LogP contribution in [-0.4, -0.2) is 67.2 Å². The van der Waals surface area contributed by atoms with Crippen molar-refractivity contribution < 1.29 is 27.5 Å². The Labute approximate surface area is 140 Å². The number of hydrogen-bond donors (Lipinski definition) is 0. The van der Waals surface area contributed by atoms with Gasteiger partial charge in [0.2, 0.25) is 5.91 Å². The second kappa shape index (κ2) is 7.29. The second-order valence-electron chi connectivity index (χ2n) is 6.73. The van der Waals surface area contributed by atoms with Crippen LogP contribution in [0.25, 0.3) is 0 Å². The second-order valence-corrected chi connectivity index (χ2v) is 6.73. The van der Waals surface area contributed by atoms with E-state index in [9.17, 15) is 22.8 Å². The highest BCUT2D eigenvalue weighted by molar-refractivity contribution is 5.88.